The molecule has 1 unspecified atom stereocenters. The molecule has 0 N–H and O–H groups in total. The largest absolute Gasteiger partial charge is 0.475 e. The van der Waals surface area contributed by atoms with Crippen molar-refractivity contribution >= 4 is 39.2 Å². The van der Waals surface area contributed by atoms with E-state index >= 15 is 0 Å². The Bertz CT molecular complexity index is 1450. The molecule has 3 aromatic rings. The Morgan fingerprint density at radius 2 is 1.68 bits per heavy atom. The van der Waals surface area contributed by atoms with Crippen LogP contribution in [0.4, 0.5) is 5.69 Å². The molecule has 0 saturated heterocycles. The van der Waals surface area contributed by atoms with Crippen molar-refractivity contribution in [3.05, 3.63) is 87.9 Å². The van der Waals surface area contributed by atoms with E-state index in [1.165, 1.54) is 12.0 Å². The third-order valence-corrected chi connectivity index (χ3v) is 8.68. The SMILES string of the molecule is COC(=O)C1CN(C(=O)CN(Cc2ccc(Cl)cc2)S(=O)(=O)c2c(C)cc(C)cc2C)c2ccccc2O1. The van der Waals surface area contributed by atoms with E-state index < -0.39 is 34.5 Å². The van der Waals surface area contributed by atoms with Crippen LogP contribution in [0, 0.1) is 20.8 Å². The zero-order valence-electron chi connectivity index (χ0n) is 21.6. The predicted octanol–water partition coefficient (Wildman–Crippen LogP) is 4.42. The van der Waals surface area contributed by atoms with Crippen molar-refractivity contribution in [2.75, 3.05) is 25.1 Å². The van der Waals surface area contributed by atoms with Gasteiger partial charge < -0.3 is 14.4 Å². The van der Waals surface area contributed by atoms with Crippen LogP contribution in [0.25, 0.3) is 0 Å². The van der Waals surface area contributed by atoms with Crippen LogP contribution in [0.2, 0.25) is 5.02 Å². The lowest BCUT2D eigenvalue weighted by Gasteiger charge is -2.35. The number of amides is 1. The Balaban J connectivity index is 1.74. The molecule has 0 saturated carbocycles. The maximum atomic E-state index is 14.1. The Labute approximate surface area is 227 Å². The number of hydrogen-bond acceptors (Lipinski definition) is 6. The van der Waals surface area contributed by atoms with Crippen molar-refractivity contribution in [1.29, 1.82) is 0 Å². The summed E-state index contributed by atoms with van der Waals surface area (Å²) in [6.07, 6.45) is -1.04. The van der Waals surface area contributed by atoms with Crippen LogP contribution in [-0.4, -0.2) is 50.9 Å². The molecule has 1 heterocycles. The van der Waals surface area contributed by atoms with Gasteiger partial charge in [-0.25, -0.2) is 13.2 Å². The quantitative estimate of drug-likeness (QED) is 0.400. The molecule has 200 valence electrons. The normalized spacial score (nSPS) is 15.1. The van der Waals surface area contributed by atoms with Crippen LogP contribution in [0.5, 0.6) is 5.75 Å². The zero-order valence-corrected chi connectivity index (χ0v) is 23.2. The third kappa shape index (κ3) is 5.70. The molecule has 0 bridgehead atoms. The number of benzene rings is 3. The summed E-state index contributed by atoms with van der Waals surface area (Å²) in [5, 5.41) is 0.517. The number of ether oxygens (including phenoxy) is 2. The van der Waals surface area contributed by atoms with E-state index in [9.17, 15) is 18.0 Å². The smallest absolute Gasteiger partial charge is 0.348 e. The van der Waals surface area contributed by atoms with E-state index in [2.05, 4.69) is 0 Å². The molecule has 8 nitrogen and oxygen atoms in total. The van der Waals surface area contributed by atoms with Gasteiger partial charge in [-0.1, -0.05) is 53.6 Å². The molecule has 1 aliphatic rings. The summed E-state index contributed by atoms with van der Waals surface area (Å²) in [5.41, 5.74) is 3.25. The van der Waals surface area contributed by atoms with Crippen molar-refractivity contribution in [3.8, 4) is 5.75 Å². The zero-order chi connectivity index (χ0) is 27.6. The van der Waals surface area contributed by atoms with Crippen LogP contribution in [0.1, 0.15) is 22.3 Å². The molecule has 0 radical (unpaired) electrons. The third-order valence-electron chi connectivity index (χ3n) is 6.33. The highest BCUT2D eigenvalue weighted by Crippen LogP contribution is 2.34. The standard InChI is InChI=1S/C28H29ClN2O6S/c1-18-13-19(2)27(20(3)14-18)38(34,35)30(15-21-9-11-22(29)12-10-21)17-26(32)31-16-25(28(33)36-4)37-24-8-6-5-7-23(24)31/h5-14,25H,15-17H2,1-4H3. The van der Waals surface area contributed by atoms with Crippen molar-refractivity contribution < 1.29 is 27.5 Å². The molecule has 1 aliphatic heterocycles. The second kappa shape index (κ2) is 11.1. The number of esters is 1. The van der Waals surface area contributed by atoms with Crippen LogP contribution >= 0.6 is 11.6 Å². The van der Waals surface area contributed by atoms with Crippen LogP contribution in [0.15, 0.2) is 65.6 Å². The minimum Gasteiger partial charge on any atom is -0.475 e. The second-order valence-corrected chi connectivity index (χ2v) is 11.5. The minimum atomic E-state index is -4.10. The van der Waals surface area contributed by atoms with Crippen LogP contribution in [0.3, 0.4) is 0 Å². The minimum absolute atomic E-state index is 0.0512. The van der Waals surface area contributed by atoms with Gasteiger partial charge in [0.25, 0.3) is 0 Å². The van der Waals surface area contributed by atoms with Crippen molar-refractivity contribution in [1.82, 2.24) is 4.31 Å². The summed E-state index contributed by atoms with van der Waals surface area (Å²) < 4.78 is 39.9. The lowest BCUT2D eigenvalue weighted by Crippen LogP contribution is -2.50. The van der Waals surface area contributed by atoms with Gasteiger partial charge in [0.1, 0.15) is 5.75 Å². The molecular formula is C28H29ClN2O6S. The van der Waals surface area contributed by atoms with E-state index in [0.717, 1.165) is 9.87 Å². The summed E-state index contributed by atoms with van der Waals surface area (Å²) in [7, 11) is -2.86. The maximum absolute atomic E-state index is 14.1. The number of carbonyl (C=O) groups excluding carboxylic acids is 2. The van der Waals surface area contributed by atoms with Gasteiger partial charge in [0.15, 0.2) is 0 Å². The molecule has 4 rings (SSSR count). The van der Waals surface area contributed by atoms with Gasteiger partial charge >= 0.3 is 5.97 Å². The number of fused-ring (bicyclic) bond motifs is 1. The Kier molecular flexibility index (Phi) is 8.10. The predicted molar refractivity (Wildman–Crippen MR) is 145 cm³/mol. The first-order valence-corrected chi connectivity index (χ1v) is 13.8. The number of nitrogens with zero attached hydrogens (tertiary/aromatic N) is 2. The highest BCUT2D eigenvalue weighted by atomic mass is 35.5. The number of methoxy groups -OCH3 is 1. The number of rotatable bonds is 7. The average molecular weight is 557 g/mol. The van der Waals surface area contributed by atoms with Gasteiger partial charge in [-0.05, 0) is 61.7 Å². The number of aryl methyl sites for hydroxylation is 3. The molecular weight excluding hydrogens is 528 g/mol. The molecule has 10 heteroatoms. The van der Waals surface area contributed by atoms with E-state index in [4.69, 9.17) is 21.1 Å². The summed E-state index contributed by atoms with van der Waals surface area (Å²) in [6.45, 7) is 4.77. The molecule has 0 spiro atoms. The molecule has 1 amide bonds. The van der Waals surface area contributed by atoms with Crippen molar-refractivity contribution in [2.45, 2.75) is 38.3 Å². The van der Waals surface area contributed by atoms with Gasteiger partial charge in [0, 0.05) is 11.6 Å². The number of anilines is 1. The van der Waals surface area contributed by atoms with E-state index in [-0.39, 0.29) is 18.0 Å². The average Bonchev–Trinajstić information content (AvgIpc) is 2.87. The van der Waals surface area contributed by atoms with Crippen molar-refractivity contribution in [2.24, 2.45) is 0 Å². The number of para-hydroxylation sites is 2. The van der Waals surface area contributed by atoms with Crippen molar-refractivity contribution in [3.63, 3.8) is 0 Å². The fourth-order valence-electron chi connectivity index (χ4n) is 4.68. The van der Waals surface area contributed by atoms with Gasteiger partial charge in [-0.15, -0.1) is 0 Å². The highest BCUT2D eigenvalue weighted by Gasteiger charge is 2.37. The maximum Gasteiger partial charge on any atom is 0.348 e. The fourth-order valence-corrected chi connectivity index (χ4v) is 6.60. The van der Waals surface area contributed by atoms with E-state index in [1.807, 2.05) is 6.92 Å². The monoisotopic (exact) mass is 556 g/mol. The molecule has 1 atom stereocenters. The number of hydrogen-bond donors (Lipinski definition) is 0. The van der Waals surface area contributed by atoms with Crippen LogP contribution < -0.4 is 9.64 Å². The van der Waals surface area contributed by atoms with E-state index in [0.29, 0.717) is 33.1 Å². The summed E-state index contributed by atoms with van der Waals surface area (Å²) >= 11 is 6.03. The Morgan fingerprint density at radius 1 is 1.05 bits per heavy atom. The molecule has 3 aromatic carbocycles. The van der Waals surface area contributed by atoms with Gasteiger partial charge in [0.2, 0.25) is 22.0 Å². The lowest BCUT2D eigenvalue weighted by atomic mass is 10.1. The first-order valence-electron chi connectivity index (χ1n) is 12.0. The second-order valence-electron chi connectivity index (χ2n) is 9.23. The summed E-state index contributed by atoms with van der Waals surface area (Å²) in [4.78, 5) is 27.6. The molecule has 0 aliphatic carbocycles. The summed E-state index contributed by atoms with van der Waals surface area (Å²) in [6, 6.07) is 17.2. The summed E-state index contributed by atoms with van der Waals surface area (Å²) in [5.74, 6) is -0.803. The highest BCUT2D eigenvalue weighted by molar-refractivity contribution is 7.89. The lowest BCUT2D eigenvalue weighted by molar-refractivity contribution is -0.148. The first kappa shape index (κ1) is 27.6. The number of sulfonamides is 1. The topological polar surface area (TPSA) is 93.2 Å². The van der Waals surface area contributed by atoms with Gasteiger partial charge in [-0.2, -0.15) is 4.31 Å². The number of carbonyl (C=O) groups is 2. The Morgan fingerprint density at radius 3 is 2.32 bits per heavy atom. The first-order chi connectivity index (χ1) is 18.0. The Hall–Kier alpha value is -3.40. The molecule has 0 aromatic heterocycles. The van der Waals surface area contributed by atoms with Gasteiger partial charge in [-0.3, -0.25) is 4.79 Å². The molecule has 38 heavy (non-hydrogen) atoms. The van der Waals surface area contributed by atoms with E-state index in [1.54, 1.807) is 74.5 Å². The fraction of sp³-hybridized carbons (Fsp3) is 0.286. The molecule has 0 fully saturated rings. The number of halogens is 1. The van der Waals surface area contributed by atoms with Crippen LogP contribution in [-0.2, 0) is 30.9 Å². The van der Waals surface area contributed by atoms with Gasteiger partial charge in [0.05, 0.1) is 30.8 Å².